The molecule has 3 nitrogen and oxygen atoms in total. The molecule has 3 rings (SSSR count). The Bertz CT molecular complexity index is 696. The highest BCUT2D eigenvalue weighted by Crippen LogP contribution is 2.22. The summed E-state index contributed by atoms with van der Waals surface area (Å²) in [6, 6.07) is 16.7. The van der Waals surface area contributed by atoms with E-state index in [0.717, 1.165) is 43.7 Å². The summed E-state index contributed by atoms with van der Waals surface area (Å²) in [5.41, 5.74) is 4.55. The van der Waals surface area contributed by atoms with Crippen LogP contribution in [-0.4, -0.2) is 23.9 Å². The number of hydrogen-bond donors (Lipinski definition) is 1. The van der Waals surface area contributed by atoms with Gasteiger partial charge in [0.2, 0.25) is 5.91 Å². The monoisotopic (exact) mass is 322 g/mol. The average molecular weight is 322 g/mol. The topological polar surface area (TPSA) is 32.3 Å². The smallest absolute Gasteiger partial charge is 0.228 e. The zero-order valence-electron chi connectivity index (χ0n) is 14.6. The van der Waals surface area contributed by atoms with E-state index in [1.807, 2.05) is 13.0 Å². The van der Waals surface area contributed by atoms with Crippen LogP contribution in [0.4, 0.5) is 5.69 Å². The number of benzene rings is 2. The number of nitrogens with one attached hydrogen (secondary N) is 1. The molecule has 1 atom stereocenters. The van der Waals surface area contributed by atoms with Crippen molar-refractivity contribution in [2.24, 2.45) is 5.92 Å². The van der Waals surface area contributed by atoms with E-state index in [1.165, 1.54) is 11.1 Å². The Morgan fingerprint density at radius 3 is 2.75 bits per heavy atom. The second kappa shape index (κ2) is 7.63. The van der Waals surface area contributed by atoms with Crippen LogP contribution in [0, 0.1) is 19.8 Å². The second-order valence-electron chi connectivity index (χ2n) is 6.87. The van der Waals surface area contributed by atoms with Crippen LogP contribution in [-0.2, 0) is 11.3 Å². The van der Waals surface area contributed by atoms with Crippen molar-refractivity contribution in [2.75, 3.05) is 18.4 Å². The fourth-order valence-electron chi connectivity index (χ4n) is 3.36. The summed E-state index contributed by atoms with van der Waals surface area (Å²) in [6.07, 6.45) is 2.06. The van der Waals surface area contributed by atoms with Crippen LogP contribution in [0.2, 0.25) is 0 Å². The van der Waals surface area contributed by atoms with E-state index in [2.05, 4.69) is 59.6 Å². The molecule has 3 heteroatoms. The van der Waals surface area contributed by atoms with Gasteiger partial charge in [0, 0.05) is 18.8 Å². The number of anilines is 1. The minimum Gasteiger partial charge on any atom is -0.326 e. The second-order valence-corrected chi connectivity index (χ2v) is 6.87. The summed E-state index contributed by atoms with van der Waals surface area (Å²) >= 11 is 0. The first-order valence-electron chi connectivity index (χ1n) is 8.76. The van der Waals surface area contributed by atoms with Crippen LogP contribution in [0.1, 0.15) is 29.5 Å². The molecule has 0 radical (unpaired) electrons. The van der Waals surface area contributed by atoms with E-state index in [-0.39, 0.29) is 11.8 Å². The third-order valence-corrected chi connectivity index (χ3v) is 4.78. The van der Waals surface area contributed by atoms with Crippen LogP contribution in [0.5, 0.6) is 0 Å². The van der Waals surface area contributed by atoms with Gasteiger partial charge in [-0.05, 0) is 56.0 Å². The fourth-order valence-corrected chi connectivity index (χ4v) is 3.36. The average Bonchev–Trinajstić information content (AvgIpc) is 2.59. The molecule has 1 fully saturated rings. The van der Waals surface area contributed by atoms with Gasteiger partial charge in [0.25, 0.3) is 0 Å². The molecular weight excluding hydrogens is 296 g/mol. The van der Waals surface area contributed by atoms with Crippen LogP contribution < -0.4 is 5.32 Å². The first kappa shape index (κ1) is 16.7. The summed E-state index contributed by atoms with van der Waals surface area (Å²) in [4.78, 5) is 15.1. The Hall–Kier alpha value is -2.13. The number of aryl methyl sites for hydroxylation is 2. The molecule has 1 heterocycles. The number of rotatable bonds is 4. The molecule has 0 saturated carbocycles. The Kier molecular flexibility index (Phi) is 5.31. The van der Waals surface area contributed by atoms with Gasteiger partial charge in [-0.3, -0.25) is 9.69 Å². The lowest BCUT2D eigenvalue weighted by Gasteiger charge is -2.32. The van der Waals surface area contributed by atoms with Gasteiger partial charge in [0.05, 0.1) is 5.92 Å². The maximum Gasteiger partial charge on any atom is 0.228 e. The molecule has 24 heavy (non-hydrogen) atoms. The first-order chi connectivity index (χ1) is 11.6. The maximum absolute atomic E-state index is 12.7. The molecule has 0 unspecified atom stereocenters. The van der Waals surface area contributed by atoms with Crippen LogP contribution in [0.3, 0.4) is 0 Å². The summed E-state index contributed by atoms with van der Waals surface area (Å²) in [5, 5.41) is 3.14. The lowest BCUT2D eigenvalue weighted by atomic mass is 9.96. The largest absolute Gasteiger partial charge is 0.326 e. The van der Waals surface area contributed by atoms with Gasteiger partial charge >= 0.3 is 0 Å². The molecule has 2 aromatic rings. The van der Waals surface area contributed by atoms with Crippen LogP contribution in [0.15, 0.2) is 48.5 Å². The van der Waals surface area contributed by atoms with Gasteiger partial charge in [0.15, 0.2) is 0 Å². The molecule has 1 aliphatic heterocycles. The maximum atomic E-state index is 12.7. The first-order valence-corrected chi connectivity index (χ1v) is 8.76. The van der Waals surface area contributed by atoms with Crippen molar-refractivity contribution in [2.45, 2.75) is 33.2 Å². The standard InChI is InChI=1S/C21H26N2O/c1-16-10-11-17(2)20(13-16)22-21(24)19-9-6-12-23(15-19)14-18-7-4-3-5-8-18/h3-5,7-8,10-11,13,19H,6,9,12,14-15H2,1-2H3,(H,22,24)/t19-/m0/s1. The number of nitrogens with zero attached hydrogens (tertiary/aromatic N) is 1. The molecule has 1 amide bonds. The molecule has 1 N–H and O–H groups in total. The van der Waals surface area contributed by atoms with E-state index >= 15 is 0 Å². The van der Waals surface area contributed by atoms with Crippen molar-refractivity contribution < 1.29 is 4.79 Å². The van der Waals surface area contributed by atoms with Crippen molar-refractivity contribution in [3.63, 3.8) is 0 Å². The molecule has 0 bridgehead atoms. The fraction of sp³-hybridized carbons (Fsp3) is 0.381. The highest BCUT2D eigenvalue weighted by atomic mass is 16.1. The Morgan fingerprint density at radius 2 is 1.96 bits per heavy atom. The van der Waals surface area contributed by atoms with E-state index in [9.17, 15) is 4.79 Å². The Balaban J connectivity index is 1.61. The van der Waals surface area contributed by atoms with E-state index in [0.29, 0.717) is 0 Å². The SMILES string of the molecule is Cc1ccc(C)c(NC(=O)[C@H]2CCCN(Cc3ccccc3)C2)c1. The summed E-state index contributed by atoms with van der Waals surface area (Å²) < 4.78 is 0. The van der Waals surface area contributed by atoms with Crippen molar-refractivity contribution in [1.82, 2.24) is 4.90 Å². The van der Waals surface area contributed by atoms with E-state index in [4.69, 9.17) is 0 Å². The molecule has 0 aromatic heterocycles. The van der Waals surface area contributed by atoms with Crippen LogP contribution >= 0.6 is 0 Å². The highest BCUT2D eigenvalue weighted by molar-refractivity contribution is 5.93. The molecule has 1 aliphatic rings. The number of hydrogen-bond acceptors (Lipinski definition) is 2. The third-order valence-electron chi connectivity index (χ3n) is 4.78. The molecule has 2 aromatic carbocycles. The highest BCUT2D eigenvalue weighted by Gasteiger charge is 2.26. The molecule has 0 spiro atoms. The number of likely N-dealkylation sites (tertiary alicyclic amines) is 1. The molecule has 0 aliphatic carbocycles. The number of amides is 1. The van der Waals surface area contributed by atoms with Crippen molar-refractivity contribution in [3.8, 4) is 0 Å². The predicted octanol–water partition coefficient (Wildman–Crippen LogP) is 4.15. The zero-order valence-corrected chi connectivity index (χ0v) is 14.6. The summed E-state index contributed by atoms with van der Waals surface area (Å²) in [6.45, 7) is 6.93. The summed E-state index contributed by atoms with van der Waals surface area (Å²) in [5.74, 6) is 0.226. The molecular formula is C21H26N2O. The van der Waals surface area contributed by atoms with E-state index < -0.39 is 0 Å². The van der Waals surface area contributed by atoms with Crippen molar-refractivity contribution in [1.29, 1.82) is 0 Å². The normalized spacial score (nSPS) is 18.3. The van der Waals surface area contributed by atoms with Crippen molar-refractivity contribution >= 4 is 11.6 Å². The molecule has 1 saturated heterocycles. The zero-order chi connectivity index (χ0) is 16.9. The number of carbonyl (C=O) groups excluding carboxylic acids is 1. The Labute approximate surface area is 144 Å². The minimum atomic E-state index is 0.0716. The third kappa shape index (κ3) is 4.24. The van der Waals surface area contributed by atoms with Gasteiger partial charge in [0.1, 0.15) is 0 Å². The van der Waals surface area contributed by atoms with E-state index in [1.54, 1.807) is 0 Å². The van der Waals surface area contributed by atoms with Gasteiger partial charge in [-0.25, -0.2) is 0 Å². The number of carbonyl (C=O) groups is 1. The van der Waals surface area contributed by atoms with Crippen LogP contribution in [0.25, 0.3) is 0 Å². The van der Waals surface area contributed by atoms with Gasteiger partial charge in [-0.2, -0.15) is 0 Å². The van der Waals surface area contributed by atoms with Gasteiger partial charge in [-0.15, -0.1) is 0 Å². The van der Waals surface area contributed by atoms with Gasteiger partial charge < -0.3 is 5.32 Å². The Morgan fingerprint density at radius 1 is 1.17 bits per heavy atom. The summed E-state index contributed by atoms with van der Waals surface area (Å²) in [7, 11) is 0. The lowest BCUT2D eigenvalue weighted by molar-refractivity contribution is -0.121. The minimum absolute atomic E-state index is 0.0716. The van der Waals surface area contributed by atoms with Crippen molar-refractivity contribution in [3.05, 3.63) is 65.2 Å². The lowest BCUT2D eigenvalue weighted by Crippen LogP contribution is -2.40. The predicted molar refractivity (Wildman–Crippen MR) is 99.0 cm³/mol. The number of piperidine rings is 1. The molecule has 126 valence electrons. The van der Waals surface area contributed by atoms with Gasteiger partial charge in [-0.1, -0.05) is 42.5 Å². The quantitative estimate of drug-likeness (QED) is 0.917.